The number of hydrogen-bond acceptors (Lipinski definition) is 3. The molecule has 0 spiro atoms. The first-order valence-corrected chi connectivity index (χ1v) is 11.3. The maximum Gasteiger partial charge on any atom is 0.417 e. The Kier molecular flexibility index (Phi) is 6.53. The molecule has 1 saturated carbocycles. The van der Waals surface area contributed by atoms with E-state index in [0.717, 1.165) is 37.8 Å². The fraction of sp³-hybridized carbons (Fsp3) is 0.320. The number of alkyl halides is 3. The molecule has 1 aliphatic rings. The van der Waals surface area contributed by atoms with Gasteiger partial charge in [-0.3, -0.25) is 14.3 Å². The molecule has 34 heavy (non-hydrogen) atoms. The largest absolute Gasteiger partial charge is 0.417 e. The minimum Gasteiger partial charge on any atom is -0.320 e. The van der Waals surface area contributed by atoms with E-state index in [1.54, 1.807) is 17.8 Å². The standard InChI is InChI=1S/C25H23ClF3N3O2/c1-16-14-32(15-24(11-5-6-12-24)17-7-3-2-4-8-17)31-21(22(16)33)23(34)30-18-9-10-20(26)19(13-18)25(27,28)29/h2-4,7-10,13-14H,5-6,11-12,15H2,1H3,(H,30,34). The summed E-state index contributed by atoms with van der Waals surface area (Å²) in [5, 5.41) is 6.17. The van der Waals surface area contributed by atoms with Gasteiger partial charge in [0.2, 0.25) is 5.43 Å². The predicted molar refractivity (Wildman–Crippen MR) is 124 cm³/mol. The summed E-state index contributed by atoms with van der Waals surface area (Å²) >= 11 is 5.65. The van der Waals surface area contributed by atoms with Crippen molar-refractivity contribution in [1.82, 2.24) is 9.78 Å². The van der Waals surface area contributed by atoms with Crippen molar-refractivity contribution in [2.75, 3.05) is 5.32 Å². The minimum absolute atomic E-state index is 0.132. The lowest BCUT2D eigenvalue weighted by Crippen LogP contribution is -2.33. The van der Waals surface area contributed by atoms with Crippen molar-refractivity contribution in [2.24, 2.45) is 0 Å². The van der Waals surface area contributed by atoms with Crippen LogP contribution in [-0.4, -0.2) is 15.7 Å². The third-order valence-corrected chi connectivity index (χ3v) is 6.63. The van der Waals surface area contributed by atoms with Crippen LogP contribution in [0.5, 0.6) is 0 Å². The summed E-state index contributed by atoms with van der Waals surface area (Å²) in [4.78, 5) is 25.6. The molecule has 0 radical (unpaired) electrons. The van der Waals surface area contributed by atoms with Gasteiger partial charge >= 0.3 is 6.18 Å². The molecule has 1 fully saturated rings. The molecule has 4 rings (SSSR count). The third kappa shape index (κ3) is 4.87. The van der Waals surface area contributed by atoms with E-state index >= 15 is 0 Å². The zero-order chi connectivity index (χ0) is 24.5. The van der Waals surface area contributed by atoms with Crippen LogP contribution in [0.25, 0.3) is 0 Å². The van der Waals surface area contributed by atoms with E-state index in [9.17, 15) is 22.8 Å². The minimum atomic E-state index is -4.68. The third-order valence-electron chi connectivity index (χ3n) is 6.30. The van der Waals surface area contributed by atoms with Crippen LogP contribution in [-0.2, 0) is 18.1 Å². The zero-order valence-electron chi connectivity index (χ0n) is 18.5. The number of amides is 1. The highest BCUT2D eigenvalue weighted by atomic mass is 35.5. The number of benzene rings is 2. The van der Waals surface area contributed by atoms with E-state index in [2.05, 4.69) is 22.5 Å². The summed E-state index contributed by atoms with van der Waals surface area (Å²) in [6, 6.07) is 13.1. The number of halogens is 4. The molecule has 1 aromatic heterocycles. The average Bonchev–Trinajstić information content (AvgIpc) is 3.27. The Morgan fingerprint density at radius 1 is 1.15 bits per heavy atom. The molecule has 178 valence electrons. The Hall–Kier alpha value is -3.13. The van der Waals surface area contributed by atoms with Crippen LogP contribution < -0.4 is 10.7 Å². The Labute approximate surface area is 199 Å². The van der Waals surface area contributed by atoms with Gasteiger partial charge in [0.15, 0.2) is 5.69 Å². The van der Waals surface area contributed by atoms with Crippen molar-refractivity contribution in [3.05, 3.63) is 92.4 Å². The fourth-order valence-corrected chi connectivity index (χ4v) is 4.83. The number of carbonyl (C=O) groups is 1. The van der Waals surface area contributed by atoms with E-state index in [0.29, 0.717) is 12.1 Å². The van der Waals surface area contributed by atoms with E-state index in [4.69, 9.17) is 11.6 Å². The van der Waals surface area contributed by atoms with Crippen molar-refractivity contribution in [3.63, 3.8) is 0 Å². The molecule has 9 heteroatoms. The van der Waals surface area contributed by atoms with Crippen molar-refractivity contribution in [3.8, 4) is 0 Å². The van der Waals surface area contributed by atoms with Gasteiger partial charge in [0.25, 0.3) is 5.91 Å². The van der Waals surface area contributed by atoms with Crippen LogP contribution in [0, 0.1) is 6.92 Å². The summed E-state index contributed by atoms with van der Waals surface area (Å²) in [7, 11) is 0. The normalized spacial score (nSPS) is 15.3. The lowest BCUT2D eigenvalue weighted by molar-refractivity contribution is -0.137. The van der Waals surface area contributed by atoms with Gasteiger partial charge in [-0.15, -0.1) is 0 Å². The summed E-state index contributed by atoms with van der Waals surface area (Å²) < 4.78 is 41.1. The molecule has 0 aliphatic heterocycles. The van der Waals surface area contributed by atoms with Gasteiger partial charge in [0, 0.05) is 22.9 Å². The smallest absolute Gasteiger partial charge is 0.320 e. The van der Waals surface area contributed by atoms with Crippen LogP contribution in [0.3, 0.4) is 0 Å². The summed E-state index contributed by atoms with van der Waals surface area (Å²) in [5.74, 6) is -0.877. The molecule has 1 amide bonds. The molecule has 0 atom stereocenters. The highest BCUT2D eigenvalue weighted by Gasteiger charge is 2.36. The van der Waals surface area contributed by atoms with Crippen molar-refractivity contribution in [1.29, 1.82) is 0 Å². The van der Waals surface area contributed by atoms with Gasteiger partial charge in [-0.1, -0.05) is 54.8 Å². The first-order chi connectivity index (χ1) is 16.1. The van der Waals surface area contributed by atoms with Gasteiger partial charge in [0.1, 0.15) is 0 Å². The topological polar surface area (TPSA) is 64.0 Å². The average molecular weight is 490 g/mol. The van der Waals surface area contributed by atoms with Crippen molar-refractivity contribution < 1.29 is 18.0 Å². The van der Waals surface area contributed by atoms with Crippen molar-refractivity contribution >= 4 is 23.2 Å². The van der Waals surface area contributed by atoms with Gasteiger partial charge in [0.05, 0.1) is 17.1 Å². The van der Waals surface area contributed by atoms with E-state index in [-0.39, 0.29) is 16.8 Å². The molecule has 0 saturated heterocycles. The molecular formula is C25H23ClF3N3O2. The molecule has 1 N–H and O–H groups in total. The summed E-state index contributed by atoms with van der Waals surface area (Å²) in [5.41, 5.74) is -0.809. The van der Waals surface area contributed by atoms with Gasteiger partial charge in [-0.25, -0.2) is 0 Å². The van der Waals surface area contributed by atoms with Gasteiger partial charge in [-0.05, 0) is 43.5 Å². The molecule has 0 bridgehead atoms. The molecule has 0 unspecified atom stereocenters. The Bertz CT molecular complexity index is 1270. The van der Waals surface area contributed by atoms with E-state index < -0.39 is 28.1 Å². The van der Waals surface area contributed by atoms with Gasteiger partial charge in [-0.2, -0.15) is 18.3 Å². The molecule has 2 aromatic carbocycles. The maximum atomic E-state index is 13.2. The predicted octanol–water partition coefficient (Wildman–Crippen LogP) is 5.99. The monoisotopic (exact) mass is 489 g/mol. The van der Waals surface area contributed by atoms with Crippen LogP contribution in [0.15, 0.2) is 59.5 Å². The maximum absolute atomic E-state index is 13.2. The fourth-order valence-electron chi connectivity index (χ4n) is 4.60. The number of nitrogens with one attached hydrogen (secondary N) is 1. The lowest BCUT2D eigenvalue weighted by Gasteiger charge is -2.30. The summed E-state index contributed by atoms with van der Waals surface area (Å²) in [6.07, 6.45) is 0.983. The van der Waals surface area contributed by atoms with Gasteiger partial charge < -0.3 is 5.32 Å². The number of nitrogens with zero attached hydrogens (tertiary/aromatic N) is 2. The molecule has 5 nitrogen and oxygen atoms in total. The second-order valence-electron chi connectivity index (χ2n) is 8.69. The first-order valence-electron chi connectivity index (χ1n) is 10.9. The van der Waals surface area contributed by atoms with Crippen LogP contribution in [0.1, 0.15) is 52.9 Å². The number of aryl methyl sites for hydroxylation is 1. The second-order valence-corrected chi connectivity index (χ2v) is 9.09. The van der Waals surface area contributed by atoms with Crippen LogP contribution >= 0.6 is 11.6 Å². The SMILES string of the molecule is Cc1cn(CC2(c3ccccc3)CCCC2)nc(C(=O)Nc2ccc(Cl)c(C(F)(F)F)c2)c1=O. The molecular weight excluding hydrogens is 467 g/mol. The first kappa shape index (κ1) is 24.0. The molecule has 3 aromatic rings. The highest BCUT2D eigenvalue weighted by Crippen LogP contribution is 2.42. The number of anilines is 1. The number of carbonyl (C=O) groups excluding carboxylic acids is 1. The number of rotatable bonds is 5. The molecule has 1 aliphatic carbocycles. The highest BCUT2D eigenvalue weighted by molar-refractivity contribution is 6.31. The van der Waals surface area contributed by atoms with Crippen LogP contribution in [0.4, 0.5) is 18.9 Å². The van der Waals surface area contributed by atoms with E-state index in [1.165, 1.54) is 11.6 Å². The second kappa shape index (κ2) is 9.25. The van der Waals surface area contributed by atoms with Crippen LogP contribution in [0.2, 0.25) is 5.02 Å². The van der Waals surface area contributed by atoms with E-state index in [1.807, 2.05) is 18.2 Å². The number of hydrogen-bond donors (Lipinski definition) is 1. The quantitative estimate of drug-likeness (QED) is 0.479. The zero-order valence-corrected chi connectivity index (χ0v) is 19.2. The Balaban J connectivity index is 1.65. The Morgan fingerprint density at radius 2 is 1.82 bits per heavy atom. The lowest BCUT2D eigenvalue weighted by atomic mass is 9.79. The number of aromatic nitrogens is 2. The summed E-state index contributed by atoms with van der Waals surface area (Å²) in [6.45, 7) is 2.07. The van der Waals surface area contributed by atoms with Crippen molar-refractivity contribution in [2.45, 2.75) is 50.7 Å². The Morgan fingerprint density at radius 3 is 2.47 bits per heavy atom. The molecule has 1 heterocycles.